The number of nitrogens with one attached hydrogen (secondary N) is 1. The number of aryl methyl sites for hydroxylation is 1. The molecular formula is C15H13BrN2. The second-order valence-electron chi connectivity index (χ2n) is 4.04. The molecule has 0 aliphatic rings. The number of hydrogen-bond donors (Lipinski definition) is 1. The second kappa shape index (κ2) is 5.70. The molecule has 0 aliphatic carbocycles. The molecule has 0 aliphatic heterocycles. The first-order valence-corrected chi connectivity index (χ1v) is 6.48. The lowest BCUT2D eigenvalue weighted by Crippen LogP contribution is -2.09. The maximum Gasteiger partial charge on any atom is 0.141 e. The third-order valence-electron chi connectivity index (χ3n) is 2.79. The summed E-state index contributed by atoms with van der Waals surface area (Å²) in [5.74, 6) is 0. The molecule has 3 heteroatoms. The summed E-state index contributed by atoms with van der Waals surface area (Å²) in [6, 6.07) is 17.7. The van der Waals surface area contributed by atoms with Crippen LogP contribution in [0.3, 0.4) is 0 Å². The summed E-state index contributed by atoms with van der Waals surface area (Å²) in [6.07, 6.45) is 0. The number of hydrogen-bond acceptors (Lipinski definition) is 2. The Balaban J connectivity index is 2.30. The van der Waals surface area contributed by atoms with Crippen LogP contribution in [0.2, 0.25) is 0 Å². The number of anilines is 1. The Bertz CT molecular complexity index is 587. The van der Waals surface area contributed by atoms with E-state index in [9.17, 15) is 5.26 Å². The highest BCUT2D eigenvalue weighted by Crippen LogP contribution is 2.27. The van der Waals surface area contributed by atoms with Crippen LogP contribution in [-0.4, -0.2) is 0 Å². The summed E-state index contributed by atoms with van der Waals surface area (Å²) in [7, 11) is 0. The molecule has 0 fully saturated rings. The van der Waals surface area contributed by atoms with Gasteiger partial charge < -0.3 is 5.32 Å². The van der Waals surface area contributed by atoms with Gasteiger partial charge in [-0.1, -0.05) is 52.3 Å². The van der Waals surface area contributed by atoms with Crippen molar-refractivity contribution in [2.24, 2.45) is 0 Å². The number of rotatable bonds is 3. The fourth-order valence-corrected chi connectivity index (χ4v) is 2.29. The van der Waals surface area contributed by atoms with Crippen molar-refractivity contribution >= 4 is 21.6 Å². The summed E-state index contributed by atoms with van der Waals surface area (Å²) in [4.78, 5) is 0. The van der Waals surface area contributed by atoms with Gasteiger partial charge in [0.15, 0.2) is 0 Å². The molecular weight excluding hydrogens is 288 g/mol. The van der Waals surface area contributed by atoms with Gasteiger partial charge in [0.1, 0.15) is 6.04 Å². The minimum atomic E-state index is -0.360. The SMILES string of the molecule is Cc1ccccc1NC(C#N)c1ccccc1Br. The molecule has 0 saturated heterocycles. The first-order valence-electron chi connectivity index (χ1n) is 5.68. The minimum absolute atomic E-state index is 0.360. The van der Waals surface area contributed by atoms with Crippen molar-refractivity contribution in [3.63, 3.8) is 0 Å². The molecule has 0 heterocycles. The quantitative estimate of drug-likeness (QED) is 0.910. The second-order valence-corrected chi connectivity index (χ2v) is 4.90. The lowest BCUT2D eigenvalue weighted by Gasteiger charge is -2.16. The Kier molecular flexibility index (Phi) is 4.01. The lowest BCUT2D eigenvalue weighted by atomic mass is 10.1. The Morgan fingerprint density at radius 2 is 1.78 bits per heavy atom. The van der Waals surface area contributed by atoms with Gasteiger partial charge in [-0.25, -0.2) is 0 Å². The summed E-state index contributed by atoms with van der Waals surface area (Å²) in [6.45, 7) is 2.02. The van der Waals surface area contributed by atoms with Crippen LogP contribution in [0.15, 0.2) is 53.0 Å². The molecule has 0 spiro atoms. The van der Waals surface area contributed by atoms with Gasteiger partial charge in [0, 0.05) is 15.7 Å². The van der Waals surface area contributed by atoms with E-state index < -0.39 is 0 Å². The predicted octanol–water partition coefficient (Wildman–Crippen LogP) is 4.43. The molecule has 90 valence electrons. The van der Waals surface area contributed by atoms with Crippen molar-refractivity contribution in [2.75, 3.05) is 5.32 Å². The standard InChI is InChI=1S/C15H13BrN2/c1-11-6-2-5-9-14(11)18-15(10-17)12-7-3-4-8-13(12)16/h2-9,15,18H,1H3. The third kappa shape index (κ3) is 2.72. The zero-order valence-electron chi connectivity index (χ0n) is 10.0. The van der Waals surface area contributed by atoms with Crippen LogP contribution >= 0.6 is 15.9 Å². The van der Waals surface area contributed by atoms with E-state index in [0.29, 0.717) is 0 Å². The number of halogens is 1. The van der Waals surface area contributed by atoms with E-state index in [0.717, 1.165) is 21.3 Å². The molecule has 0 bridgehead atoms. The van der Waals surface area contributed by atoms with E-state index in [1.165, 1.54) is 0 Å². The summed E-state index contributed by atoms with van der Waals surface area (Å²) in [5, 5.41) is 12.6. The summed E-state index contributed by atoms with van der Waals surface area (Å²) >= 11 is 3.48. The van der Waals surface area contributed by atoms with Gasteiger partial charge in [-0.2, -0.15) is 5.26 Å². The zero-order chi connectivity index (χ0) is 13.0. The highest BCUT2D eigenvalue weighted by Gasteiger charge is 2.13. The van der Waals surface area contributed by atoms with Gasteiger partial charge in [0.2, 0.25) is 0 Å². The van der Waals surface area contributed by atoms with Crippen molar-refractivity contribution in [1.82, 2.24) is 0 Å². The topological polar surface area (TPSA) is 35.8 Å². The van der Waals surface area contributed by atoms with Crippen LogP contribution in [0.25, 0.3) is 0 Å². The molecule has 0 aromatic heterocycles. The molecule has 18 heavy (non-hydrogen) atoms. The Morgan fingerprint density at radius 1 is 1.11 bits per heavy atom. The van der Waals surface area contributed by atoms with Gasteiger partial charge in [0.25, 0.3) is 0 Å². The third-order valence-corrected chi connectivity index (χ3v) is 3.51. The summed E-state index contributed by atoms with van der Waals surface area (Å²) in [5.41, 5.74) is 3.06. The average Bonchev–Trinajstić information content (AvgIpc) is 2.39. The van der Waals surface area contributed by atoms with Crippen LogP contribution in [-0.2, 0) is 0 Å². The van der Waals surface area contributed by atoms with Crippen molar-refractivity contribution in [1.29, 1.82) is 5.26 Å². The van der Waals surface area contributed by atoms with Crippen molar-refractivity contribution in [3.8, 4) is 6.07 Å². The summed E-state index contributed by atoms with van der Waals surface area (Å²) < 4.78 is 0.942. The smallest absolute Gasteiger partial charge is 0.141 e. The Hall–Kier alpha value is -1.79. The van der Waals surface area contributed by atoms with E-state index >= 15 is 0 Å². The molecule has 1 N–H and O–H groups in total. The molecule has 2 nitrogen and oxygen atoms in total. The highest BCUT2D eigenvalue weighted by molar-refractivity contribution is 9.10. The van der Waals surface area contributed by atoms with Crippen molar-refractivity contribution in [2.45, 2.75) is 13.0 Å². The number of para-hydroxylation sites is 1. The van der Waals surface area contributed by atoms with Crippen LogP contribution in [0.4, 0.5) is 5.69 Å². The maximum atomic E-state index is 9.32. The largest absolute Gasteiger partial charge is 0.366 e. The molecule has 2 rings (SSSR count). The first-order chi connectivity index (χ1) is 8.72. The minimum Gasteiger partial charge on any atom is -0.366 e. The van der Waals surface area contributed by atoms with E-state index in [1.54, 1.807) is 0 Å². The molecule has 1 atom stereocenters. The zero-order valence-corrected chi connectivity index (χ0v) is 11.6. The molecule has 2 aromatic rings. The molecule has 2 aromatic carbocycles. The van der Waals surface area contributed by atoms with E-state index in [2.05, 4.69) is 27.3 Å². The molecule has 0 amide bonds. The number of nitriles is 1. The average molecular weight is 301 g/mol. The van der Waals surface area contributed by atoms with E-state index in [4.69, 9.17) is 0 Å². The molecule has 1 unspecified atom stereocenters. The Morgan fingerprint density at radius 3 is 2.44 bits per heavy atom. The fourth-order valence-electron chi connectivity index (χ4n) is 1.78. The van der Waals surface area contributed by atoms with Crippen LogP contribution in [0.5, 0.6) is 0 Å². The van der Waals surface area contributed by atoms with Crippen molar-refractivity contribution in [3.05, 3.63) is 64.1 Å². The van der Waals surface area contributed by atoms with E-state index in [1.807, 2.05) is 55.5 Å². The highest BCUT2D eigenvalue weighted by atomic mass is 79.9. The van der Waals surface area contributed by atoms with Gasteiger partial charge in [-0.3, -0.25) is 0 Å². The normalized spacial score (nSPS) is 11.6. The predicted molar refractivity (Wildman–Crippen MR) is 77.3 cm³/mol. The maximum absolute atomic E-state index is 9.32. The molecule has 0 radical (unpaired) electrons. The van der Waals surface area contributed by atoms with Gasteiger partial charge >= 0.3 is 0 Å². The van der Waals surface area contributed by atoms with Crippen LogP contribution < -0.4 is 5.32 Å². The Labute approximate surface area is 115 Å². The first kappa shape index (κ1) is 12.7. The van der Waals surface area contributed by atoms with Crippen molar-refractivity contribution < 1.29 is 0 Å². The van der Waals surface area contributed by atoms with Crippen LogP contribution in [0, 0.1) is 18.3 Å². The lowest BCUT2D eigenvalue weighted by molar-refractivity contribution is 0.986. The fraction of sp³-hybridized carbons (Fsp3) is 0.133. The van der Waals surface area contributed by atoms with Gasteiger partial charge in [-0.05, 0) is 24.6 Å². The van der Waals surface area contributed by atoms with E-state index in [-0.39, 0.29) is 6.04 Å². The van der Waals surface area contributed by atoms with Gasteiger partial charge in [-0.15, -0.1) is 0 Å². The monoisotopic (exact) mass is 300 g/mol. The number of benzene rings is 2. The number of nitrogens with zero attached hydrogens (tertiary/aromatic N) is 1. The van der Waals surface area contributed by atoms with Crippen LogP contribution in [0.1, 0.15) is 17.2 Å². The molecule has 0 saturated carbocycles. The van der Waals surface area contributed by atoms with Gasteiger partial charge in [0.05, 0.1) is 6.07 Å².